The van der Waals surface area contributed by atoms with Crippen LogP contribution in [0.25, 0.3) is 0 Å². The van der Waals surface area contributed by atoms with Crippen LogP contribution in [0.2, 0.25) is 0 Å². The van der Waals surface area contributed by atoms with Crippen LogP contribution in [-0.4, -0.2) is 17.3 Å². The number of nitrogens with one attached hydrogen (secondary N) is 3. The largest absolute Gasteiger partial charge is 0.332 e. The Balaban J connectivity index is 2.23. The Morgan fingerprint density at radius 3 is 2.41 bits per heavy atom. The molecule has 22 heavy (non-hydrogen) atoms. The van der Waals surface area contributed by atoms with Gasteiger partial charge in [-0.2, -0.15) is 0 Å². The molecule has 0 bridgehead atoms. The average Bonchev–Trinajstić information content (AvgIpc) is 2.54. The number of para-hydroxylation sites is 1. The standard InChI is InChI=1S/C15H14N4O2S/c16-19-14(21)13-10(9-20)5-4-8-12(13)18-15(22)17-11-6-2-1-3-7-11/h1-9H,16H2,(H,19,21)(H2,17,18,22). The fourth-order valence-electron chi connectivity index (χ4n) is 1.90. The summed E-state index contributed by atoms with van der Waals surface area (Å²) in [7, 11) is 0. The first-order chi connectivity index (χ1) is 10.7. The van der Waals surface area contributed by atoms with Crippen LogP contribution in [-0.2, 0) is 0 Å². The zero-order valence-corrected chi connectivity index (χ0v) is 12.3. The SMILES string of the molecule is NNC(=O)c1c(C=O)cccc1NC(=S)Nc1ccccc1. The van der Waals surface area contributed by atoms with E-state index in [0.717, 1.165) is 5.69 Å². The van der Waals surface area contributed by atoms with Crippen molar-refractivity contribution in [1.29, 1.82) is 0 Å². The first kappa shape index (κ1) is 15.6. The lowest BCUT2D eigenvalue weighted by Crippen LogP contribution is -2.32. The molecule has 0 unspecified atom stereocenters. The minimum Gasteiger partial charge on any atom is -0.332 e. The molecule has 0 aromatic heterocycles. The normalized spacial score (nSPS) is 9.68. The molecule has 0 saturated heterocycles. The van der Waals surface area contributed by atoms with Crippen LogP contribution in [0.4, 0.5) is 11.4 Å². The Morgan fingerprint density at radius 1 is 1.05 bits per heavy atom. The number of carbonyl (C=O) groups excluding carboxylic acids is 2. The molecule has 2 aromatic carbocycles. The summed E-state index contributed by atoms with van der Waals surface area (Å²) in [5.74, 6) is 4.58. The molecule has 0 aliphatic carbocycles. The predicted octanol–water partition coefficient (Wildman–Crippen LogP) is 1.91. The number of rotatable bonds is 4. The van der Waals surface area contributed by atoms with Crippen LogP contribution >= 0.6 is 12.2 Å². The molecule has 0 atom stereocenters. The van der Waals surface area contributed by atoms with E-state index < -0.39 is 5.91 Å². The van der Waals surface area contributed by atoms with E-state index in [9.17, 15) is 9.59 Å². The second kappa shape index (κ2) is 7.30. The number of aldehydes is 1. The molecule has 0 aliphatic rings. The Kier molecular flexibility index (Phi) is 5.18. The molecule has 0 fully saturated rings. The molecule has 1 amide bonds. The summed E-state index contributed by atoms with van der Waals surface area (Å²) in [4.78, 5) is 22.9. The van der Waals surface area contributed by atoms with Gasteiger partial charge in [-0.3, -0.25) is 15.0 Å². The summed E-state index contributed by atoms with van der Waals surface area (Å²) in [6, 6.07) is 14.1. The van der Waals surface area contributed by atoms with Crippen molar-refractivity contribution in [2.75, 3.05) is 10.6 Å². The van der Waals surface area contributed by atoms with Gasteiger partial charge in [0.05, 0.1) is 11.3 Å². The summed E-state index contributed by atoms with van der Waals surface area (Å²) in [6.07, 6.45) is 0.587. The van der Waals surface area contributed by atoms with Crippen LogP contribution in [0.1, 0.15) is 20.7 Å². The number of hydrazine groups is 1. The highest BCUT2D eigenvalue weighted by molar-refractivity contribution is 7.80. The predicted molar refractivity (Wildman–Crippen MR) is 89.8 cm³/mol. The highest BCUT2D eigenvalue weighted by atomic mass is 32.1. The maximum Gasteiger partial charge on any atom is 0.268 e. The van der Waals surface area contributed by atoms with Gasteiger partial charge in [-0.05, 0) is 30.4 Å². The number of amides is 1. The van der Waals surface area contributed by atoms with Gasteiger partial charge >= 0.3 is 0 Å². The maximum atomic E-state index is 11.9. The van der Waals surface area contributed by atoms with E-state index in [1.807, 2.05) is 35.8 Å². The van der Waals surface area contributed by atoms with Gasteiger partial charge in [-0.15, -0.1) is 0 Å². The Morgan fingerprint density at radius 2 is 1.77 bits per heavy atom. The lowest BCUT2D eigenvalue weighted by molar-refractivity contribution is 0.0949. The van der Waals surface area contributed by atoms with Gasteiger partial charge in [0.25, 0.3) is 5.91 Å². The summed E-state index contributed by atoms with van der Waals surface area (Å²) in [5.41, 5.74) is 3.56. The fraction of sp³-hybridized carbons (Fsp3) is 0. The molecule has 6 nitrogen and oxygen atoms in total. The number of thiocarbonyl (C=S) groups is 1. The van der Waals surface area contributed by atoms with Gasteiger partial charge < -0.3 is 10.6 Å². The minimum absolute atomic E-state index is 0.136. The van der Waals surface area contributed by atoms with Crippen molar-refractivity contribution in [1.82, 2.24) is 5.43 Å². The van der Waals surface area contributed by atoms with Crippen molar-refractivity contribution in [3.05, 3.63) is 59.7 Å². The molecule has 5 N–H and O–H groups in total. The van der Waals surface area contributed by atoms with E-state index in [-0.39, 0.29) is 11.1 Å². The summed E-state index contributed by atoms with van der Waals surface area (Å²) in [5, 5.41) is 6.17. The van der Waals surface area contributed by atoms with E-state index in [4.69, 9.17) is 18.1 Å². The van der Waals surface area contributed by atoms with Crippen LogP contribution in [0.15, 0.2) is 48.5 Å². The topological polar surface area (TPSA) is 96.2 Å². The second-order valence-corrected chi connectivity index (χ2v) is 4.71. The third-order valence-corrected chi connectivity index (χ3v) is 3.07. The lowest BCUT2D eigenvalue weighted by atomic mass is 10.1. The number of anilines is 2. The fourth-order valence-corrected chi connectivity index (χ4v) is 2.13. The molecule has 0 heterocycles. The molecule has 0 aliphatic heterocycles. The third-order valence-electron chi connectivity index (χ3n) is 2.86. The van der Waals surface area contributed by atoms with Crippen molar-refractivity contribution in [2.24, 2.45) is 5.84 Å². The number of nitrogens with two attached hydrogens (primary N) is 1. The molecule has 0 saturated carbocycles. The van der Waals surface area contributed by atoms with Gasteiger partial charge in [0, 0.05) is 11.3 Å². The number of carbonyl (C=O) groups is 2. The third kappa shape index (κ3) is 3.66. The molecule has 112 valence electrons. The Labute approximate surface area is 132 Å². The Bertz CT molecular complexity index is 704. The van der Waals surface area contributed by atoms with E-state index >= 15 is 0 Å². The van der Waals surface area contributed by atoms with Crippen LogP contribution in [0, 0.1) is 0 Å². The van der Waals surface area contributed by atoms with Crippen molar-refractivity contribution in [3.63, 3.8) is 0 Å². The summed E-state index contributed by atoms with van der Waals surface area (Å²) < 4.78 is 0. The zero-order valence-electron chi connectivity index (χ0n) is 11.5. The highest BCUT2D eigenvalue weighted by Gasteiger charge is 2.16. The Hall–Kier alpha value is -2.77. The van der Waals surface area contributed by atoms with Crippen molar-refractivity contribution < 1.29 is 9.59 Å². The van der Waals surface area contributed by atoms with Crippen LogP contribution in [0.3, 0.4) is 0 Å². The summed E-state index contributed by atoms with van der Waals surface area (Å²) in [6.45, 7) is 0. The van der Waals surface area contributed by atoms with Crippen LogP contribution in [0.5, 0.6) is 0 Å². The highest BCUT2D eigenvalue weighted by Crippen LogP contribution is 2.19. The number of nitrogen functional groups attached to an aromatic ring is 1. The second-order valence-electron chi connectivity index (χ2n) is 4.31. The van der Waals surface area contributed by atoms with Gasteiger partial charge in [0.15, 0.2) is 11.4 Å². The van der Waals surface area contributed by atoms with Gasteiger partial charge in [-0.25, -0.2) is 5.84 Å². The number of hydrogen-bond donors (Lipinski definition) is 4. The van der Waals surface area contributed by atoms with Crippen LogP contribution < -0.4 is 21.9 Å². The summed E-state index contributed by atoms with van der Waals surface area (Å²) >= 11 is 5.21. The van der Waals surface area contributed by atoms with E-state index in [2.05, 4.69) is 10.6 Å². The molecular formula is C15H14N4O2S. The number of hydrogen-bond acceptors (Lipinski definition) is 4. The van der Waals surface area contributed by atoms with E-state index in [0.29, 0.717) is 17.1 Å². The molecule has 0 radical (unpaired) electrons. The van der Waals surface area contributed by atoms with E-state index in [1.165, 1.54) is 6.07 Å². The quantitative estimate of drug-likeness (QED) is 0.226. The van der Waals surface area contributed by atoms with Crippen molar-refractivity contribution in [3.8, 4) is 0 Å². The van der Waals surface area contributed by atoms with Crippen molar-refractivity contribution in [2.45, 2.75) is 0 Å². The smallest absolute Gasteiger partial charge is 0.268 e. The van der Waals surface area contributed by atoms with Crippen molar-refractivity contribution >= 4 is 40.9 Å². The maximum absolute atomic E-state index is 11.9. The molecule has 2 aromatic rings. The minimum atomic E-state index is -0.576. The van der Waals surface area contributed by atoms with Gasteiger partial charge in [0.2, 0.25) is 0 Å². The van der Waals surface area contributed by atoms with Gasteiger partial charge in [-0.1, -0.05) is 30.3 Å². The van der Waals surface area contributed by atoms with E-state index in [1.54, 1.807) is 12.1 Å². The molecule has 0 spiro atoms. The zero-order chi connectivity index (χ0) is 15.9. The monoisotopic (exact) mass is 314 g/mol. The molecular weight excluding hydrogens is 300 g/mol. The molecule has 2 rings (SSSR count). The van der Waals surface area contributed by atoms with Gasteiger partial charge in [0.1, 0.15) is 0 Å². The average molecular weight is 314 g/mol. The molecule has 7 heteroatoms. The first-order valence-electron chi connectivity index (χ1n) is 6.38. The lowest BCUT2D eigenvalue weighted by Gasteiger charge is -2.14. The number of benzene rings is 2. The first-order valence-corrected chi connectivity index (χ1v) is 6.78.